The third-order valence-electron chi connectivity index (χ3n) is 5.69. The number of benzene rings is 3. The first-order valence-corrected chi connectivity index (χ1v) is 12.4. The Morgan fingerprint density at radius 2 is 1.76 bits per heavy atom. The molecule has 0 spiro atoms. The standard InChI is InChI=1S/C26H25FN2O4S/c1-17-6-3-4-7-22(17)25(29-30)16-34(31,32)21-12-10-20(11-13-21)33-15-19-14-18(2)28-26-23(19)8-5-9-24(26)27/h3-14,25,29-30H,15-16H2,1-2H3. The Morgan fingerprint density at radius 3 is 2.47 bits per heavy atom. The summed E-state index contributed by atoms with van der Waals surface area (Å²) in [5, 5.41) is 10.3. The van der Waals surface area contributed by atoms with Crippen LogP contribution in [0.4, 0.5) is 4.39 Å². The van der Waals surface area contributed by atoms with Crippen LogP contribution >= 0.6 is 0 Å². The van der Waals surface area contributed by atoms with Crippen molar-refractivity contribution in [2.24, 2.45) is 0 Å². The largest absolute Gasteiger partial charge is 0.489 e. The Bertz CT molecular complexity index is 1420. The number of hydroxylamine groups is 1. The molecular formula is C26H25FN2O4S. The van der Waals surface area contributed by atoms with Crippen molar-refractivity contribution in [1.82, 2.24) is 10.5 Å². The molecule has 0 radical (unpaired) electrons. The Labute approximate surface area is 197 Å². The molecule has 176 valence electrons. The number of aryl methyl sites for hydroxylation is 2. The van der Waals surface area contributed by atoms with E-state index in [1.807, 2.05) is 25.1 Å². The van der Waals surface area contributed by atoms with Crippen molar-refractivity contribution in [3.05, 3.63) is 101 Å². The van der Waals surface area contributed by atoms with Crippen LogP contribution in [0, 0.1) is 19.7 Å². The summed E-state index contributed by atoms with van der Waals surface area (Å²) in [5.41, 5.74) is 5.48. The maximum atomic E-state index is 14.1. The summed E-state index contributed by atoms with van der Waals surface area (Å²) in [4.78, 5) is 4.39. The number of hydrogen-bond donors (Lipinski definition) is 2. The van der Waals surface area contributed by atoms with E-state index >= 15 is 0 Å². The molecule has 6 nitrogen and oxygen atoms in total. The quantitative estimate of drug-likeness (QED) is 0.343. The molecule has 0 saturated carbocycles. The maximum absolute atomic E-state index is 14.1. The Hall–Kier alpha value is -3.33. The number of rotatable bonds is 8. The molecule has 0 aliphatic heterocycles. The fraction of sp³-hybridized carbons (Fsp3) is 0.192. The van der Waals surface area contributed by atoms with Gasteiger partial charge in [0, 0.05) is 16.6 Å². The maximum Gasteiger partial charge on any atom is 0.180 e. The van der Waals surface area contributed by atoms with Crippen LogP contribution in [0.25, 0.3) is 10.9 Å². The van der Waals surface area contributed by atoms with Crippen molar-refractivity contribution in [2.75, 3.05) is 5.75 Å². The highest BCUT2D eigenvalue weighted by Crippen LogP contribution is 2.26. The van der Waals surface area contributed by atoms with Crippen molar-refractivity contribution in [1.29, 1.82) is 0 Å². The first-order valence-electron chi connectivity index (χ1n) is 10.7. The van der Waals surface area contributed by atoms with Crippen LogP contribution in [0.2, 0.25) is 0 Å². The molecule has 3 aromatic carbocycles. The van der Waals surface area contributed by atoms with Gasteiger partial charge in [-0.15, -0.1) is 0 Å². The van der Waals surface area contributed by atoms with Crippen molar-refractivity contribution in [2.45, 2.75) is 31.4 Å². The van der Waals surface area contributed by atoms with Crippen LogP contribution in [-0.4, -0.2) is 24.4 Å². The number of nitrogens with zero attached hydrogens (tertiary/aromatic N) is 1. The summed E-state index contributed by atoms with van der Waals surface area (Å²) in [6.45, 7) is 3.83. The zero-order valence-electron chi connectivity index (χ0n) is 18.8. The molecule has 1 unspecified atom stereocenters. The lowest BCUT2D eigenvalue weighted by molar-refractivity contribution is 0.134. The lowest BCUT2D eigenvalue weighted by atomic mass is 10.0. The van der Waals surface area contributed by atoms with Crippen molar-refractivity contribution >= 4 is 20.7 Å². The van der Waals surface area contributed by atoms with Gasteiger partial charge in [0.1, 0.15) is 23.7 Å². The van der Waals surface area contributed by atoms with E-state index in [1.165, 1.54) is 18.2 Å². The number of pyridine rings is 1. The van der Waals surface area contributed by atoms with Crippen LogP contribution in [0.5, 0.6) is 5.75 Å². The van der Waals surface area contributed by atoms with Crippen LogP contribution < -0.4 is 10.2 Å². The smallest absolute Gasteiger partial charge is 0.180 e. The van der Waals surface area contributed by atoms with E-state index < -0.39 is 21.7 Å². The van der Waals surface area contributed by atoms with Gasteiger partial charge in [-0.05, 0) is 61.4 Å². The predicted octanol–water partition coefficient (Wildman–Crippen LogP) is 5.06. The molecule has 2 N–H and O–H groups in total. The second-order valence-electron chi connectivity index (χ2n) is 8.14. The molecule has 4 rings (SSSR count). The average Bonchev–Trinajstić information content (AvgIpc) is 2.82. The molecule has 4 aromatic rings. The SMILES string of the molecule is Cc1cc(COc2ccc(S(=O)(=O)CC(NO)c3ccccc3C)cc2)c2cccc(F)c2n1. The molecule has 1 atom stereocenters. The monoisotopic (exact) mass is 480 g/mol. The van der Waals surface area contributed by atoms with Crippen LogP contribution in [0.3, 0.4) is 0 Å². The second-order valence-corrected chi connectivity index (χ2v) is 10.2. The molecule has 1 heterocycles. The highest BCUT2D eigenvalue weighted by atomic mass is 32.2. The summed E-state index contributed by atoms with van der Waals surface area (Å²) in [6, 6.07) is 19.3. The molecule has 34 heavy (non-hydrogen) atoms. The van der Waals surface area contributed by atoms with Crippen molar-refractivity contribution < 1.29 is 22.8 Å². The van der Waals surface area contributed by atoms with E-state index in [0.717, 1.165) is 11.1 Å². The van der Waals surface area contributed by atoms with Crippen molar-refractivity contribution in [3.63, 3.8) is 0 Å². The van der Waals surface area contributed by atoms with Crippen molar-refractivity contribution in [3.8, 4) is 5.75 Å². The summed E-state index contributed by atoms with van der Waals surface area (Å²) in [6.07, 6.45) is 0. The van der Waals surface area contributed by atoms with E-state index in [2.05, 4.69) is 10.5 Å². The van der Waals surface area contributed by atoms with Gasteiger partial charge in [0.25, 0.3) is 0 Å². The number of aromatic nitrogens is 1. The fourth-order valence-electron chi connectivity index (χ4n) is 3.94. The molecule has 0 fully saturated rings. The van der Waals surface area contributed by atoms with Gasteiger partial charge in [-0.3, -0.25) is 4.98 Å². The molecule has 0 amide bonds. The average molecular weight is 481 g/mol. The first-order chi connectivity index (χ1) is 16.3. The summed E-state index contributed by atoms with van der Waals surface area (Å²) >= 11 is 0. The van der Waals surface area contributed by atoms with E-state index in [9.17, 15) is 18.0 Å². The molecule has 0 aliphatic rings. The number of ether oxygens (including phenoxy) is 1. The third-order valence-corrected chi connectivity index (χ3v) is 7.45. The molecule has 0 aliphatic carbocycles. The lowest BCUT2D eigenvalue weighted by Gasteiger charge is -2.18. The van der Waals surface area contributed by atoms with Gasteiger partial charge < -0.3 is 9.94 Å². The lowest BCUT2D eigenvalue weighted by Crippen LogP contribution is -2.26. The van der Waals surface area contributed by atoms with E-state index in [0.29, 0.717) is 27.9 Å². The normalized spacial score (nSPS) is 12.6. The topological polar surface area (TPSA) is 88.5 Å². The highest BCUT2D eigenvalue weighted by molar-refractivity contribution is 7.91. The Balaban J connectivity index is 1.50. The first kappa shape index (κ1) is 23.8. The van der Waals surface area contributed by atoms with E-state index in [4.69, 9.17) is 4.74 Å². The summed E-state index contributed by atoms with van der Waals surface area (Å²) in [7, 11) is -3.69. The Kier molecular flexibility index (Phi) is 6.92. The van der Waals surface area contributed by atoms with Gasteiger partial charge in [-0.2, -0.15) is 5.48 Å². The van der Waals surface area contributed by atoms with Gasteiger partial charge in [0.2, 0.25) is 0 Å². The summed E-state index contributed by atoms with van der Waals surface area (Å²) in [5.74, 6) is -0.213. The highest BCUT2D eigenvalue weighted by Gasteiger charge is 2.23. The molecular weight excluding hydrogens is 455 g/mol. The minimum Gasteiger partial charge on any atom is -0.489 e. The number of nitrogens with one attached hydrogen (secondary N) is 1. The molecule has 0 bridgehead atoms. The van der Waals surface area contributed by atoms with E-state index in [-0.39, 0.29) is 17.3 Å². The second kappa shape index (κ2) is 9.89. The van der Waals surface area contributed by atoms with Gasteiger partial charge in [0.15, 0.2) is 9.84 Å². The zero-order valence-corrected chi connectivity index (χ0v) is 19.6. The zero-order chi connectivity index (χ0) is 24.3. The Morgan fingerprint density at radius 1 is 1.03 bits per heavy atom. The number of sulfone groups is 1. The molecule has 0 saturated heterocycles. The fourth-order valence-corrected chi connectivity index (χ4v) is 5.38. The van der Waals surface area contributed by atoms with Gasteiger partial charge in [-0.1, -0.05) is 36.4 Å². The number of fused-ring (bicyclic) bond motifs is 1. The third kappa shape index (κ3) is 5.09. The minimum absolute atomic E-state index is 0.126. The molecule has 8 heteroatoms. The predicted molar refractivity (Wildman–Crippen MR) is 128 cm³/mol. The number of hydrogen-bond acceptors (Lipinski definition) is 6. The van der Waals surface area contributed by atoms with Gasteiger partial charge in [-0.25, -0.2) is 12.8 Å². The van der Waals surface area contributed by atoms with Gasteiger partial charge in [0.05, 0.1) is 16.7 Å². The number of para-hydroxylation sites is 1. The van der Waals surface area contributed by atoms with Crippen LogP contribution in [0.15, 0.2) is 77.7 Å². The van der Waals surface area contributed by atoms with E-state index in [1.54, 1.807) is 43.3 Å². The minimum atomic E-state index is -3.69. The summed E-state index contributed by atoms with van der Waals surface area (Å²) < 4.78 is 45.9. The van der Waals surface area contributed by atoms with Crippen LogP contribution in [0.1, 0.15) is 28.4 Å². The molecule has 1 aromatic heterocycles. The van der Waals surface area contributed by atoms with Gasteiger partial charge >= 0.3 is 0 Å². The van der Waals surface area contributed by atoms with Crippen LogP contribution in [-0.2, 0) is 16.4 Å². The number of halogens is 1.